The van der Waals surface area contributed by atoms with Gasteiger partial charge in [-0.05, 0) is 52.6 Å². The molecule has 1 radical (unpaired) electrons. The number of aryl methyl sites for hydroxylation is 3. The molecule has 0 aliphatic heterocycles. The van der Waals surface area contributed by atoms with Gasteiger partial charge < -0.3 is 0 Å². The Hall–Kier alpha value is -2.34. The molecule has 127 valence electrons. The van der Waals surface area contributed by atoms with Crippen LogP contribution in [0.3, 0.4) is 0 Å². The molecule has 0 unspecified atom stereocenters. The van der Waals surface area contributed by atoms with Gasteiger partial charge in [0.15, 0.2) is 0 Å². The van der Waals surface area contributed by atoms with Crippen LogP contribution in [0, 0.1) is 5.92 Å². The Bertz CT molecular complexity index is 716. The van der Waals surface area contributed by atoms with Gasteiger partial charge in [-0.2, -0.15) is 0 Å². The highest BCUT2D eigenvalue weighted by Crippen LogP contribution is 2.37. The van der Waals surface area contributed by atoms with Gasteiger partial charge in [-0.15, -0.1) is 0 Å². The van der Waals surface area contributed by atoms with E-state index in [1.807, 2.05) is 0 Å². The molecule has 3 aromatic carbocycles. The number of hydrogen-bond acceptors (Lipinski definition) is 0. The monoisotopic (exact) mass is 327 g/mol. The van der Waals surface area contributed by atoms with Crippen LogP contribution in [-0.4, -0.2) is 0 Å². The summed E-state index contributed by atoms with van der Waals surface area (Å²) in [7, 11) is 0. The van der Waals surface area contributed by atoms with Crippen LogP contribution < -0.4 is 0 Å². The number of benzene rings is 3. The third-order valence-electron chi connectivity index (χ3n) is 5.00. The standard InChI is InChI=1S/C25H27/c1-4-19-13-7-10-16-22(19)25(23-17-11-8-14-20(23)5-2)24-18-12-9-15-21(24)6-3/h7-18H,4-6H2,1-3H3. The maximum atomic E-state index is 2.28. The fraction of sp³-hybridized carbons (Fsp3) is 0.240. The molecule has 3 aromatic rings. The normalized spacial score (nSPS) is 11.0. The first-order chi connectivity index (χ1) is 12.3. The first-order valence-corrected chi connectivity index (χ1v) is 9.41. The highest BCUT2D eigenvalue weighted by Gasteiger charge is 2.23. The molecule has 0 aliphatic rings. The molecule has 0 heteroatoms. The lowest BCUT2D eigenvalue weighted by molar-refractivity contribution is 1.03. The van der Waals surface area contributed by atoms with E-state index < -0.39 is 0 Å². The maximum Gasteiger partial charge on any atom is 0.0637 e. The summed E-state index contributed by atoms with van der Waals surface area (Å²) in [5.41, 5.74) is 8.34. The van der Waals surface area contributed by atoms with Crippen molar-refractivity contribution in [1.82, 2.24) is 0 Å². The SMILES string of the molecule is CCc1ccccc1[C](c1ccccc1CC)c1ccccc1CC. The highest BCUT2D eigenvalue weighted by molar-refractivity contribution is 5.63. The molecular formula is C25H27. The molecule has 0 nitrogen and oxygen atoms in total. The lowest BCUT2D eigenvalue weighted by Gasteiger charge is -2.25. The molecule has 0 aromatic heterocycles. The van der Waals surface area contributed by atoms with Gasteiger partial charge in [0, 0.05) is 0 Å². The van der Waals surface area contributed by atoms with Crippen molar-refractivity contribution >= 4 is 0 Å². The summed E-state index contributed by atoms with van der Waals surface area (Å²) >= 11 is 0. The summed E-state index contributed by atoms with van der Waals surface area (Å²) < 4.78 is 0. The quantitative estimate of drug-likeness (QED) is 0.460. The molecule has 0 fully saturated rings. The molecule has 0 aliphatic carbocycles. The van der Waals surface area contributed by atoms with E-state index in [1.165, 1.54) is 39.3 Å². The van der Waals surface area contributed by atoms with Gasteiger partial charge >= 0.3 is 0 Å². The van der Waals surface area contributed by atoms with Crippen molar-refractivity contribution in [3.05, 3.63) is 112 Å². The van der Waals surface area contributed by atoms with Gasteiger partial charge in [-0.3, -0.25) is 0 Å². The van der Waals surface area contributed by atoms with E-state index in [4.69, 9.17) is 0 Å². The van der Waals surface area contributed by atoms with Crippen molar-refractivity contribution < 1.29 is 0 Å². The van der Waals surface area contributed by atoms with Gasteiger partial charge in [0.05, 0.1) is 5.92 Å². The van der Waals surface area contributed by atoms with E-state index in [-0.39, 0.29) is 0 Å². The Kier molecular flexibility index (Phi) is 5.71. The van der Waals surface area contributed by atoms with Gasteiger partial charge in [-0.1, -0.05) is 93.6 Å². The second-order valence-corrected chi connectivity index (χ2v) is 6.41. The number of hydrogen-bond donors (Lipinski definition) is 0. The van der Waals surface area contributed by atoms with Crippen molar-refractivity contribution in [2.75, 3.05) is 0 Å². The summed E-state index contributed by atoms with van der Waals surface area (Å²) in [5, 5.41) is 0. The molecule has 0 saturated heterocycles. The Labute approximate surface area is 152 Å². The summed E-state index contributed by atoms with van der Waals surface area (Å²) in [6.45, 7) is 6.73. The Morgan fingerprint density at radius 1 is 0.480 bits per heavy atom. The Balaban J connectivity index is 2.29. The lowest BCUT2D eigenvalue weighted by Crippen LogP contribution is -2.12. The molecule has 0 bridgehead atoms. The van der Waals surface area contributed by atoms with Crippen LogP contribution in [0.1, 0.15) is 54.2 Å². The second-order valence-electron chi connectivity index (χ2n) is 6.41. The fourth-order valence-corrected chi connectivity index (χ4v) is 3.65. The molecule has 0 atom stereocenters. The molecule has 0 saturated carbocycles. The van der Waals surface area contributed by atoms with Crippen molar-refractivity contribution in [1.29, 1.82) is 0 Å². The van der Waals surface area contributed by atoms with E-state index in [2.05, 4.69) is 93.6 Å². The zero-order chi connectivity index (χ0) is 17.6. The third-order valence-corrected chi connectivity index (χ3v) is 5.00. The average Bonchev–Trinajstić information content (AvgIpc) is 2.69. The largest absolute Gasteiger partial charge is 0.0637 e. The van der Waals surface area contributed by atoms with E-state index >= 15 is 0 Å². The molecule has 0 N–H and O–H groups in total. The van der Waals surface area contributed by atoms with Crippen LogP contribution in [0.2, 0.25) is 0 Å². The van der Waals surface area contributed by atoms with Gasteiger partial charge in [0.1, 0.15) is 0 Å². The maximum absolute atomic E-state index is 2.28. The average molecular weight is 327 g/mol. The predicted molar refractivity (Wildman–Crippen MR) is 108 cm³/mol. The smallest absolute Gasteiger partial charge is 0.0620 e. The van der Waals surface area contributed by atoms with Crippen LogP contribution in [0.15, 0.2) is 72.8 Å². The summed E-state index contributed by atoms with van der Waals surface area (Å²) in [6.07, 6.45) is 3.13. The fourth-order valence-electron chi connectivity index (χ4n) is 3.65. The first-order valence-electron chi connectivity index (χ1n) is 9.41. The minimum absolute atomic E-state index is 1.04. The summed E-state index contributed by atoms with van der Waals surface area (Å²) in [6, 6.07) is 26.6. The predicted octanol–water partition coefficient (Wildman–Crippen LogP) is 6.39. The van der Waals surface area contributed by atoms with Crippen LogP contribution in [0.4, 0.5) is 0 Å². The van der Waals surface area contributed by atoms with E-state index in [0.29, 0.717) is 0 Å². The summed E-state index contributed by atoms with van der Waals surface area (Å²) in [4.78, 5) is 0. The molecule has 0 spiro atoms. The Morgan fingerprint density at radius 2 is 0.760 bits per heavy atom. The van der Waals surface area contributed by atoms with E-state index in [1.54, 1.807) is 0 Å². The molecular weight excluding hydrogens is 300 g/mol. The minimum Gasteiger partial charge on any atom is -0.0620 e. The van der Waals surface area contributed by atoms with Crippen molar-refractivity contribution in [3.8, 4) is 0 Å². The molecule has 25 heavy (non-hydrogen) atoms. The van der Waals surface area contributed by atoms with Crippen molar-refractivity contribution in [2.45, 2.75) is 40.0 Å². The van der Waals surface area contributed by atoms with Crippen molar-refractivity contribution in [2.24, 2.45) is 0 Å². The van der Waals surface area contributed by atoms with Gasteiger partial charge in [0.2, 0.25) is 0 Å². The molecule has 0 amide bonds. The number of rotatable bonds is 6. The van der Waals surface area contributed by atoms with E-state index in [9.17, 15) is 0 Å². The van der Waals surface area contributed by atoms with Gasteiger partial charge in [0.25, 0.3) is 0 Å². The molecule has 0 heterocycles. The Morgan fingerprint density at radius 3 is 1.04 bits per heavy atom. The van der Waals surface area contributed by atoms with Crippen LogP contribution >= 0.6 is 0 Å². The van der Waals surface area contributed by atoms with Gasteiger partial charge in [-0.25, -0.2) is 0 Å². The zero-order valence-corrected chi connectivity index (χ0v) is 15.5. The second kappa shape index (κ2) is 8.16. The minimum atomic E-state index is 1.04. The van der Waals surface area contributed by atoms with E-state index in [0.717, 1.165) is 19.3 Å². The van der Waals surface area contributed by atoms with Crippen LogP contribution in [-0.2, 0) is 19.3 Å². The lowest BCUT2D eigenvalue weighted by atomic mass is 9.78. The van der Waals surface area contributed by atoms with Crippen LogP contribution in [0.25, 0.3) is 0 Å². The first kappa shape index (κ1) is 17.5. The molecule has 3 rings (SSSR count). The third kappa shape index (κ3) is 3.54. The van der Waals surface area contributed by atoms with Crippen LogP contribution in [0.5, 0.6) is 0 Å². The summed E-state index contributed by atoms with van der Waals surface area (Å²) in [5.74, 6) is 1.38. The zero-order valence-electron chi connectivity index (χ0n) is 15.5. The highest BCUT2D eigenvalue weighted by atomic mass is 14.3. The van der Waals surface area contributed by atoms with Crippen molar-refractivity contribution in [3.63, 3.8) is 0 Å². The topological polar surface area (TPSA) is 0 Å².